The molecule has 19 heavy (non-hydrogen) atoms. The van der Waals surface area contributed by atoms with Crippen molar-refractivity contribution in [2.24, 2.45) is 5.92 Å². The average Bonchev–Trinajstić information content (AvgIpc) is 2.27. The van der Waals surface area contributed by atoms with Crippen LogP contribution >= 0.6 is 0 Å². The number of carboxylic acid groups (broad SMARTS) is 1. The van der Waals surface area contributed by atoms with Crippen LogP contribution in [0.15, 0.2) is 18.2 Å². The predicted octanol–water partition coefficient (Wildman–Crippen LogP) is 3.14. The highest BCUT2D eigenvalue weighted by molar-refractivity contribution is 5.93. The number of nitro benzene ring substituents is 1. The molecule has 0 saturated carbocycles. The Kier molecular flexibility index (Phi) is 4.86. The first-order valence-corrected chi connectivity index (χ1v) is 6.09. The molecule has 0 aromatic heterocycles. The molecular formula is C13H18N2O4. The summed E-state index contributed by atoms with van der Waals surface area (Å²) in [6.45, 7) is 6.17. The van der Waals surface area contributed by atoms with E-state index in [9.17, 15) is 14.9 Å². The van der Waals surface area contributed by atoms with Gasteiger partial charge in [0.15, 0.2) is 0 Å². The highest BCUT2D eigenvalue weighted by Crippen LogP contribution is 2.24. The molecule has 6 heteroatoms. The fourth-order valence-corrected chi connectivity index (χ4v) is 2.00. The van der Waals surface area contributed by atoms with E-state index in [2.05, 4.69) is 19.2 Å². The van der Waals surface area contributed by atoms with E-state index in [1.54, 1.807) is 6.07 Å². The molecule has 0 saturated heterocycles. The van der Waals surface area contributed by atoms with E-state index in [1.807, 2.05) is 6.92 Å². The summed E-state index contributed by atoms with van der Waals surface area (Å²) in [5.74, 6) is -0.788. The molecule has 1 aromatic carbocycles. The van der Waals surface area contributed by atoms with E-state index in [1.165, 1.54) is 12.1 Å². The number of anilines is 1. The van der Waals surface area contributed by atoms with Gasteiger partial charge in [-0.15, -0.1) is 0 Å². The summed E-state index contributed by atoms with van der Waals surface area (Å²) in [6.07, 6.45) is 0.925. The Morgan fingerprint density at radius 1 is 1.42 bits per heavy atom. The first-order chi connectivity index (χ1) is 8.81. The van der Waals surface area contributed by atoms with Gasteiger partial charge in [-0.2, -0.15) is 0 Å². The Morgan fingerprint density at radius 3 is 2.53 bits per heavy atom. The molecular weight excluding hydrogens is 248 g/mol. The van der Waals surface area contributed by atoms with Gasteiger partial charge in [0.05, 0.1) is 4.92 Å². The Hall–Kier alpha value is -2.11. The van der Waals surface area contributed by atoms with Crippen molar-refractivity contribution < 1.29 is 14.8 Å². The Bertz CT molecular complexity index is 486. The normalized spacial score (nSPS) is 12.2. The molecule has 0 aliphatic rings. The number of rotatable bonds is 6. The number of nitrogens with one attached hydrogen (secondary N) is 1. The zero-order valence-corrected chi connectivity index (χ0v) is 11.2. The third-order valence-corrected chi connectivity index (χ3v) is 2.66. The number of carbonyl (C=O) groups is 1. The minimum Gasteiger partial charge on any atom is -0.477 e. The van der Waals surface area contributed by atoms with Crippen LogP contribution in [-0.4, -0.2) is 22.0 Å². The SMILES string of the molecule is CC(C)CC(C)Nc1ccc(C(=O)O)c([N+](=O)[O-])c1. The van der Waals surface area contributed by atoms with Crippen molar-refractivity contribution in [1.82, 2.24) is 0 Å². The third kappa shape index (κ3) is 4.24. The summed E-state index contributed by atoms with van der Waals surface area (Å²) < 4.78 is 0. The van der Waals surface area contributed by atoms with Crippen molar-refractivity contribution in [1.29, 1.82) is 0 Å². The van der Waals surface area contributed by atoms with E-state index in [0.29, 0.717) is 11.6 Å². The lowest BCUT2D eigenvalue weighted by molar-refractivity contribution is -0.385. The minimum atomic E-state index is -1.30. The summed E-state index contributed by atoms with van der Waals surface area (Å²) in [5, 5.41) is 22.9. The smallest absolute Gasteiger partial charge is 0.342 e. The van der Waals surface area contributed by atoms with Crippen LogP contribution in [0.4, 0.5) is 11.4 Å². The molecule has 1 rings (SSSR count). The molecule has 0 fully saturated rings. The first kappa shape index (κ1) is 14.9. The van der Waals surface area contributed by atoms with Crippen LogP contribution in [0.1, 0.15) is 37.6 Å². The fourth-order valence-electron chi connectivity index (χ4n) is 2.00. The van der Waals surface area contributed by atoms with Crippen molar-refractivity contribution in [3.8, 4) is 0 Å². The zero-order chi connectivity index (χ0) is 14.6. The van der Waals surface area contributed by atoms with Gasteiger partial charge in [0.1, 0.15) is 5.56 Å². The molecule has 1 atom stereocenters. The maximum absolute atomic E-state index is 10.9. The van der Waals surface area contributed by atoms with Gasteiger partial charge in [0, 0.05) is 17.8 Å². The van der Waals surface area contributed by atoms with Crippen LogP contribution in [0.2, 0.25) is 0 Å². The number of aromatic carboxylic acids is 1. The van der Waals surface area contributed by atoms with Crippen LogP contribution < -0.4 is 5.32 Å². The zero-order valence-electron chi connectivity index (χ0n) is 11.2. The Balaban J connectivity index is 2.96. The maximum Gasteiger partial charge on any atom is 0.342 e. The van der Waals surface area contributed by atoms with Gasteiger partial charge in [0.2, 0.25) is 0 Å². The Morgan fingerprint density at radius 2 is 2.05 bits per heavy atom. The van der Waals surface area contributed by atoms with Crippen molar-refractivity contribution in [3.05, 3.63) is 33.9 Å². The third-order valence-electron chi connectivity index (χ3n) is 2.66. The van der Waals surface area contributed by atoms with Crippen LogP contribution in [0, 0.1) is 16.0 Å². The average molecular weight is 266 g/mol. The van der Waals surface area contributed by atoms with E-state index in [-0.39, 0.29) is 11.6 Å². The quantitative estimate of drug-likeness (QED) is 0.609. The molecule has 6 nitrogen and oxygen atoms in total. The molecule has 0 spiro atoms. The van der Waals surface area contributed by atoms with Gasteiger partial charge in [-0.25, -0.2) is 4.79 Å². The van der Waals surface area contributed by atoms with Crippen LogP contribution in [0.25, 0.3) is 0 Å². The number of carboxylic acids is 1. The highest BCUT2D eigenvalue weighted by Gasteiger charge is 2.20. The number of hydrogen-bond acceptors (Lipinski definition) is 4. The van der Waals surface area contributed by atoms with E-state index >= 15 is 0 Å². The molecule has 1 aromatic rings. The predicted molar refractivity (Wildman–Crippen MR) is 72.6 cm³/mol. The van der Waals surface area contributed by atoms with Crippen molar-refractivity contribution >= 4 is 17.3 Å². The van der Waals surface area contributed by atoms with Gasteiger partial charge < -0.3 is 10.4 Å². The summed E-state index contributed by atoms with van der Waals surface area (Å²) in [6, 6.07) is 4.23. The van der Waals surface area contributed by atoms with Crippen molar-refractivity contribution in [2.45, 2.75) is 33.2 Å². The topological polar surface area (TPSA) is 92.5 Å². The highest BCUT2D eigenvalue weighted by atomic mass is 16.6. The lowest BCUT2D eigenvalue weighted by Gasteiger charge is -2.17. The van der Waals surface area contributed by atoms with Crippen LogP contribution in [0.3, 0.4) is 0 Å². The second-order valence-electron chi connectivity index (χ2n) is 4.97. The van der Waals surface area contributed by atoms with Gasteiger partial charge in [-0.1, -0.05) is 13.8 Å². The second-order valence-corrected chi connectivity index (χ2v) is 4.97. The molecule has 2 N–H and O–H groups in total. The number of benzene rings is 1. The summed E-state index contributed by atoms with van der Waals surface area (Å²) in [7, 11) is 0. The number of nitrogens with zero attached hydrogens (tertiary/aromatic N) is 1. The van der Waals surface area contributed by atoms with Crippen LogP contribution in [0.5, 0.6) is 0 Å². The molecule has 0 aliphatic heterocycles. The summed E-state index contributed by atoms with van der Waals surface area (Å²) in [5.41, 5.74) is -0.133. The molecule has 0 radical (unpaired) electrons. The fraction of sp³-hybridized carbons (Fsp3) is 0.462. The number of nitro groups is 1. The first-order valence-electron chi connectivity index (χ1n) is 6.09. The summed E-state index contributed by atoms with van der Waals surface area (Å²) in [4.78, 5) is 21.1. The maximum atomic E-state index is 10.9. The second kappa shape index (κ2) is 6.17. The minimum absolute atomic E-state index is 0.162. The molecule has 0 amide bonds. The Labute approximate surface area is 111 Å². The summed E-state index contributed by atoms with van der Waals surface area (Å²) >= 11 is 0. The van der Waals surface area contributed by atoms with Gasteiger partial charge in [0.25, 0.3) is 5.69 Å². The van der Waals surface area contributed by atoms with Gasteiger partial charge >= 0.3 is 5.97 Å². The monoisotopic (exact) mass is 266 g/mol. The van der Waals surface area contributed by atoms with E-state index < -0.39 is 16.6 Å². The van der Waals surface area contributed by atoms with Crippen molar-refractivity contribution in [3.63, 3.8) is 0 Å². The molecule has 0 bridgehead atoms. The molecule has 0 aliphatic carbocycles. The standard InChI is InChI=1S/C13H18N2O4/c1-8(2)6-9(3)14-10-4-5-11(13(16)17)12(7-10)15(18)19/h4-5,7-9,14H,6H2,1-3H3,(H,16,17). The molecule has 104 valence electrons. The lowest BCUT2D eigenvalue weighted by Crippen LogP contribution is -2.17. The van der Waals surface area contributed by atoms with Gasteiger partial charge in [-0.3, -0.25) is 10.1 Å². The molecule has 1 unspecified atom stereocenters. The van der Waals surface area contributed by atoms with Crippen molar-refractivity contribution in [2.75, 3.05) is 5.32 Å². The van der Waals surface area contributed by atoms with Crippen LogP contribution in [-0.2, 0) is 0 Å². The molecule has 0 heterocycles. The van der Waals surface area contributed by atoms with E-state index in [0.717, 1.165) is 6.42 Å². The van der Waals surface area contributed by atoms with Gasteiger partial charge in [-0.05, 0) is 31.4 Å². The number of hydrogen-bond donors (Lipinski definition) is 2. The lowest BCUT2D eigenvalue weighted by atomic mass is 10.0. The van der Waals surface area contributed by atoms with E-state index in [4.69, 9.17) is 5.11 Å². The largest absolute Gasteiger partial charge is 0.477 e.